The van der Waals surface area contributed by atoms with E-state index in [2.05, 4.69) is 21.6 Å². The zero-order chi connectivity index (χ0) is 24.8. The molecule has 3 unspecified atom stereocenters. The molecule has 1 saturated carbocycles. The number of aliphatic hydroxyl groups is 1. The van der Waals surface area contributed by atoms with Crippen LogP contribution in [-0.2, 0) is 11.2 Å². The molecule has 2 aromatic heterocycles. The van der Waals surface area contributed by atoms with Crippen molar-refractivity contribution in [2.45, 2.75) is 45.1 Å². The lowest BCUT2D eigenvalue weighted by molar-refractivity contribution is -0.129. The number of nitrogens with zero attached hydrogens (tertiary/aromatic N) is 5. The summed E-state index contributed by atoms with van der Waals surface area (Å²) in [6, 6.07) is 11.7. The highest BCUT2D eigenvalue weighted by Gasteiger charge is 2.46. The number of carbonyl (C=O) groups excluding carboxylic acids is 1. The summed E-state index contributed by atoms with van der Waals surface area (Å²) in [7, 11) is 0. The first-order chi connectivity index (χ1) is 17.5. The van der Waals surface area contributed by atoms with Crippen LogP contribution in [0, 0.1) is 30.1 Å². The molecule has 3 aliphatic rings. The van der Waals surface area contributed by atoms with Crippen LogP contribution in [0.15, 0.2) is 36.5 Å². The Morgan fingerprint density at radius 1 is 1.17 bits per heavy atom. The molecule has 0 bridgehead atoms. The Balaban J connectivity index is 1.36. The lowest BCUT2D eigenvalue weighted by Gasteiger charge is -2.28. The van der Waals surface area contributed by atoms with Gasteiger partial charge >= 0.3 is 0 Å². The second-order valence-corrected chi connectivity index (χ2v) is 10.8. The Kier molecular flexibility index (Phi) is 6.02. The molecule has 0 radical (unpaired) electrons. The highest BCUT2D eigenvalue weighted by atomic mass is 16.3. The molecular formula is C29H33N5O2. The van der Waals surface area contributed by atoms with Crippen LogP contribution in [0.5, 0.6) is 0 Å². The Morgan fingerprint density at radius 3 is 2.58 bits per heavy atom. The first kappa shape index (κ1) is 23.2. The van der Waals surface area contributed by atoms with Gasteiger partial charge in [-0.1, -0.05) is 6.42 Å². The number of carbonyl (C=O) groups is 1. The fraction of sp³-hybridized carbons (Fsp3) is 0.483. The summed E-state index contributed by atoms with van der Waals surface area (Å²) in [5.41, 5.74) is 5.85. The molecule has 2 saturated heterocycles. The number of hydrogen-bond acceptors (Lipinski definition) is 5. The maximum Gasteiger partial charge on any atom is 0.227 e. The Labute approximate surface area is 211 Å². The number of rotatable bonds is 6. The predicted octanol–water partition coefficient (Wildman–Crippen LogP) is 3.75. The number of β-amino-alcohol motifs (C(OH)–C–C–N with tert-alkyl or cyclic N) is 1. The highest BCUT2D eigenvalue weighted by molar-refractivity contribution is 5.86. The van der Waals surface area contributed by atoms with Crippen molar-refractivity contribution in [2.75, 3.05) is 32.7 Å². The summed E-state index contributed by atoms with van der Waals surface area (Å²) >= 11 is 0. The van der Waals surface area contributed by atoms with Gasteiger partial charge in [-0.05, 0) is 87.0 Å². The minimum absolute atomic E-state index is 0.168. The molecule has 1 amide bonds. The van der Waals surface area contributed by atoms with Crippen LogP contribution in [0.4, 0.5) is 0 Å². The summed E-state index contributed by atoms with van der Waals surface area (Å²) in [4.78, 5) is 22.1. The number of piperidine rings is 2. The average molecular weight is 484 g/mol. The number of hydrogen-bond donors (Lipinski definition) is 1. The quantitative estimate of drug-likeness (QED) is 0.577. The molecule has 3 atom stereocenters. The van der Waals surface area contributed by atoms with Crippen LogP contribution in [0.3, 0.4) is 0 Å². The van der Waals surface area contributed by atoms with E-state index in [0.717, 1.165) is 71.6 Å². The molecule has 1 aromatic carbocycles. The number of fused-ring (bicyclic) bond motifs is 2. The van der Waals surface area contributed by atoms with Crippen LogP contribution in [0.25, 0.3) is 16.7 Å². The van der Waals surface area contributed by atoms with Crippen molar-refractivity contribution >= 4 is 16.9 Å². The molecule has 1 aliphatic carbocycles. The smallest absolute Gasteiger partial charge is 0.227 e. The maximum atomic E-state index is 13.0. The molecule has 3 aromatic rings. The van der Waals surface area contributed by atoms with E-state index < -0.39 is 6.10 Å². The van der Waals surface area contributed by atoms with Gasteiger partial charge in [0.25, 0.3) is 0 Å². The van der Waals surface area contributed by atoms with Gasteiger partial charge in [-0.25, -0.2) is 0 Å². The van der Waals surface area contributed by atoms with Crippen molar-refractivity contribution in [3.8, 4) is 11.8 Å². The monoisotopic (exact) mass is 483 g/mol. The van der Waals surface area contributed by atoms with Gasteiger partial charge in [0.05, 0.1) is 35.2 Å². The van der Waals surface area contributed by atoms with Gasteiger partial charge < -0.3 is 19.5 Å². The third-order valence-electron chi connectivity index (χ3n) is 8.30. The van der Waals surface area contributed by atoms with E-state index >= 15 is 0 Å². The zero-order valence-electron chi connectivity index (χ0n) is 20.9. The summed E-state index contributed by atoms with van der Waals surface area (Å²) < 4.78 is 2.11. The van der Waals surface area contributed by atoms with Crippen LogP contribution < -0.4 is 0 Å². The summed E-state index contributed by atoms with van der Waals surface area (Å²) in [5.74, 6) is 1.60. The van der Waals surface area contributed by atoms with E-state index in [1.165, 1.54) is 25.7 Å². The van der Waals surface area contributed by atoms with Gasteiger partial charge in [0.15, 0.2) is 0 Å². The molecule has 186 valence electrons. The average Bonchev–Trinajstić information content (AvgIpc) is 3.38. The molecule has 36 heavy (non-hydrogen) atoms. The minimum atomic E-state index is -0.651. The second kappa shape index (κ2) is 9.34. The Hall–Kier alpha value is -3.21. The normalized spacial score (nSPS) is 22.4. The van der Waals surface area contributed by atoms with E-state index in [9.17, 15) is 15.2 Å². The summed E-state index contributed by atoms with van der Waals surface area (Å²) in [6.07, 6.45) is 6.37. The van der Waals surface area contributed by atoms with Crippen LogP contribution >= 0.6 is 0 Å². The maximum absolute atomic E-state index is 13.0. The van der Waals surface area contributed by atoms with Gasteiger partial charge in [-0.2, -0.15) is 5.26 Å². The van der Waals surface area contributed by atoms with Crippen molar-refractivity contribution in [3.05, 3.63) is 58.9 Å². The van der Waals surface area contributed by atoms with Crippen molar-refractivity contribution in [3.63, 3.8) is 0 Å². The first-order valence-electron chi connectivity index (χ1n) is 13.2. The Morgan fingerprint density at radius 2 is 1.89 bits per heavy atom. The third kappa shape index (κ3) is 4.29. The van der Waals surface area contributed by atoms with Gasteiger partial charge in [0.2, 0.25) is 5.91 Å². The number of likely N-dealkylation sites (tertiary alicyclic amines) is 2. The van der Waals surface area contributed by atoms with E-state index in [1.807, 2.05) is 36.1 Å². The summed E-state index contributed by atoms with van der Waals surface area (Å²) in [5, 5.41) is 20.6. The van der Waals surface area contributed by atoms with E-state index in [0.29, 0.717) is 18.5 Å². The van der Waals surface area contributed by atoms with Gasteiger partial charge in [0.1, 0.15) is 0 Å². The van der Waals surface area contributed by atoms with Gasteiger partial charge in [-0.15, -0.1) is 0 Å². The lowest BCUT2D eigenvalue weighted by atomic mass is 10.1. The van der Waals surface area contributed by atoms with Crippen molar-refractivity contribution < 1.29 is 9.90 Å². The predicted molar refractivity (Wildman–Crippen MR) is 138 cm³/mol. The molecule has 6 rings (SSSR count). The second-order valence-electron chi connectivity index (χ2n) is 10.8. The first-order valence-corrected chi connectivity index (χ1v) is 13.2. The molecule has 3 fully saturated rings. The molecule has 4 heterocycles. The fourth-order valence-corrected chi connectivity index (χ4v) is 6.22. The SMILES string of the molecule is Cc1c(C(O)CN2CCCCC2)c2ncc(CC(=O)N3CC4CC4C3)cc2n1-c1ccc(C#N)cc1. The minimum Gasteiger partial charge on any atom is -0.387 e. The van der Waals surface area contributed by atoms with Crippen molar-refractivity contribution in [2.24, 2.45) is 11.8 Å². The van der Waals surface area contributed by atoms with Gasteiger partial charge in [-0.3, -0.25) is 9.78 Å². The van der Waals surface area contributed by atoms with Crippen LogP contribution in [0.2, 0.25) is 0 Å². The van der Waals surface area contributed by atoms with Crippen LogP contribution in [-0.4, -0.2) is 63.1 Å². The van der Waals surface area contributed by atoms with E-state index in [-0.39, 0.29) is 5.91 Å². The van der Waals surface area contributed by atoms with Gasteiger partial charge in [0, 0.05) is 42.8 Å². The molecule has 7 nitrogen and oxygen atoms in total. The van der Waals surface area contributed by atoms with Crippen molar-refractivity contribution in [1.82, 2.24) is 19.4 Å². The highest BCUT2D eigenvalue weighted by Crippen LogP contribution is 2.45. The topological polar surface area (TPSA) is 85.4 Å². The summed E-state index contributed by atoms with van der Waals surface area (Å²) in [6.45, 7) is 6.44. The lowest BCUT2D eigenvalue weighted by Crippen LogP contribution is -2.33. The molecule has 2 aliphatic heterocycles. The van der Waals surface area contributed by atoms with Crippen molar-refractivity contribution in [1.29, 1.82) is 5.26 Å². The number of nitriles is 1. The van der Waals surface area contributed by atoms with Crippen LogP contribution in [0.1, 0.15) is 54.2 Å². The fourth-order valence-electron chi connectivity index (χ4n) is 6.22. The number of benzene rings is 1. The Bertz CT molecular complexity index is 1320. The number of amides is 1. The molecule has 7 heteroatoms. The number of pyridine rings is 1. The standard InChI is InChI=1S/C29H33N5O2/c1-19-28(26(35)18-32-9-3-2-4-10-32)29-25(34(19)24-7-5-20(14-30)6-8-24)11-21(15-31-29)12-27(36)33-16-22-13-23(22)17-33/h5-8,11,15,22-23,26,35H,2-4,9-10,12-13,16-18H2,1H3. The molecule has 0 spiro atoms. The molecule has 1 N–H and O–H groups in total. The molecular weight excluding hydrogens is 450 g/mol. The number of aliphatic hydroxyl groups excluding tert-OH is 1. The van der Waals surface area contributed by atoms with E-state index in [4.69, 9.17) is 4.98 Å². The largest absolute Gasteiger partial charge is 0.387 e. The third-order valence-corrected chi connectivity index (χ3v) is 8.30. The number of aromatic nitrogens is 2. The van der Waals surface area contributed by atoms with E-state index in [1.54, 1.807) is 6.20 Å². The zero-order valence-corrected chi connectivity index (χ0v) is 20.9.